The van der Waals surface area contributed by atoms with Gasteiger partial charge in [-0.1, -0.05) is 6.07 Å². The molecule has 2 N–H and O–H groups in total. The largest absolute Gasteiger partial charge is 0.313 e. The normalized spacial score (nSPS) is 20.6. The topological polar surface area (TPSA) is 71.1 Å². The highest BCUT2D eigenvalue weighted by molar-refractivity contribution is 7.88. The molecule has 6 heteroatoms. The molecule has 1 aromatic heterocycles. The Kier molecular flexibility index (Phi) is 4.09. The predicted octanol–water partition coefficient (Wildman–Crippen LogP) is 0.253. The summed E-state index contributed by atoms with van der Waals surface area (Å²) >= 11 is 0. The first-order chi connectivity index (χ1) is 8.16. The standard InChI is InChI=1S/C11H17N3O2S/c15-17(16,9-10-3-1-5-12-7-10)14-8-11-4-2-6-13-11/h1,3,5,7,11,13-14H,2,4,6,8-9H2. The van der Waals surface area contributed by atoms with Gasteiger partial charge in [0.15, 0.2) is 0 Å². The molecular weight excluding hydrogens is 238 g/mol. The lowest BCUT2D eigenvalue weighted by molar-refractivity contribution is 0.551. The predicted molar refractivity (Wildman–Crippen MR) is 65.9 cm³/mol. The number of nitrogens with one attached hydrogen (secondary N) is 2. The fourth-order valence-corrected chi connectivity index (χ4v) is 3.08. The van der Waals surface area contributed by atoms with Gasteiger partial charge in [0.2, 0.25) is 10.0 Å². The Morgan fingerprint density at radius 2 is 2.41 bits per heavy atom. The van der Waals surface area contributed by atoms with Crippen LogP contribution >= 0.6 is 0 Å². The summed E-state index contributed by atoms with van der Waals surface area (Å²) < 4.78 is 26.2. The molecule has 1 atom stereocenters. The van der Waals surface area contributed by atoms with Crippen LogP contribution in [0.5, 0.6) is 0 Å². The highest BCUT2D eigenvalue weighted by Gasteiger charge is 2.17. The van der Waals surface area contributed by atoms with Gasteiger partial charge in [0, 0.05) is 25.0 Å². The number of hydrogen-bond donors (Lipinski definition) is 2. The zero-order chi connectivity index (χ0) is 12.1. The second-order valence-corrected chi connectivity index (χ2v) is 6.07. The summed E-state index contributed by atoms with van der Waals surface area (Å²) in [4.78, 5) is 3.90. The quantitative estimate of drug-likeness (QED) is 0.791. The van der Waals surface area contributed by atoms with Crippen LogP contribution in [-0.2, 0) is 15.8 Å². The van der Waals surface area contributed by atoms with Crippen LogP contribution in [0.3, 0.4) is 0 Å². The minimum Gasteiger partial charge on any atom is -0.313 e. The van der Waals surface area contributed by atoms with Crippen molar-refractivity contribution in [1.82, 2.24) is 15.0 Å². The smallest absolute Gasteiger partial charge is 0.215 e. The Bertz CT molecular complexity index is 441. The van der Waals surface area contributed by atoms with E-state index in [4.69, 9.17) is 0 Å². The number of pyridine rings is 1. The van der Waals surface area contributed by atoms with E-state index in [0.29, 0.717) is 12.1 Å². The highest BCUT2D eigenvalue weighted by atomic mass is 32.2. The Hall–Kier alpha value is -0.980. The lowest BCUT2D eigenvalue weighted by Crippen LogP contribution is -2.37. The van der Waals surface area contributed by atoms with E-state index in [1.807, 2.05) is 0 Å². The minimum atomic E-state index is -3.25. The molecule has 2 rings (SSSR count). The summed E-state index contributed by atoms with van der Waals surface area (Å²) in [5.74, 6) is -0.00639. The highest BCUT2D eigenvalue weighted by Crippen LogP contribution is 2.06. The van der Waals surface area contributed by atoms with Crippen molar-refractivity contribution < 1.29 is 8.42 Å². The van der Waals surface area contributed by atoms with E-state index in [-0.39, 0.29) is 11.8 Å². The van der Waals surface area contributed by atoms with Gasteiger partial charge in [0.25, 0.3) is 0 Å². The summed E-state index contributed by atoms with van der Waals surface area (Å²) in [6.07, 6.45) is 5.36. The molecule has 1 saturated heterocycles. The molecule has 0 radical (unpaired) electrons. The van der Waals surface area contributed by atoms with E-state index in [1.165, 1.54) is 0 Å². The maximum Gasteiger partial charge on any atom is 0.215 e. The fraction of sp³-hybridized carbons (Fsp3) is 0.545. The average molecular weight is 255 g/mol. The van der Waals surface area contributed by atoms with Crippen molar-refractivity contribution in [2.75, 3.05) is 13.1 Å². The fourth-order valence-electron chi connectivity index (χ4n) is 1.91. The van der Waals surface area contributed by atoms with Crippen LogP contribution in [0.2, 0.25) is 0 Å². The molecule has 2 heterocycles. The molecule has 1 unspecified atom stereocenters. The van der Waals surface area contributed by atoms with E-state index in [1.54, 1.807) is 24.5 Å². The molecule has 1 aromatic rings. The van der Waals surface area contributed by atoms with Crippen molar-refractivity contribution in [2.24, 2.45) is 0 Å². The first kappa shape index (κ1) is 12.5. The third-order valence-corrected chi connectivity index (χ3v) is 4.11. The number of sulfonamides is 1. The summed E-state index contributed by atoms with van der Waals surface area (Å²) in [5, 5.41) is 3.25. The first-order valence-corrected chi connectivity index (χ1v) is 7.40. The van der Waals surface area contributed by atoms with Gasteiger partial charge in [-0.05, 0) is 31.0 Å². The van der Waals surface area contributed by atoms with Crippen molar-refractivity contribution in [3.05, 3.63) is 30.1 Å². The number of hydrogen-bond acceptors (Lipinski definition) is 4. The summed E-state index contributed by atoms with van der Waals surface area (Å²) in [6, 6.07) is 3.78. The van der Waals surface area contributed by atoms with Gasteiger partial charge >= 0.3 is 0 Å². The third-order valence-electron chi connectivity index (χ3n) is 2.79. The van der Waals surface area contributed by atoms with Crippen molar-refractivity contribution >= 4 is 10.0 Å². The van der Waals surface area contributed by atoms with E-state index < -0.39 is 10.0 Å². The molecule has 94 valence electrons. The Balaban J connectivity index is 1.86. The maximum absolute atomic E-state index is 11.8. The second kappa shape index (κ2) is 5.57. The van der Waals surface area contributed by atoms with Gasteiger partial charge in [-0.25, -0.2) is 13.1 Å². The van der Waals surface area contributed by atoms with E-state index in [0.717, 1.165) is 19.4 Å². The lowest BCUT2D eigenvalue weighted by Gasteiger charge is -2.11. The number of rotatable bonds is 5. The molecule has 0 amide bonds. The van der Waals surface area contributed by atoms with Gasteiger partial charge < -0.3 is 5.32 Å². The first-order valence-electron chi connectivity index (χ1n) is 5.75. The molecule has 0 saturated carbocycles. The van der Waals surface area contributed by atoms with Crippen molar-refractivity contribution in [3.63, 3.8) is 0 Å². The summed E-state index contributed by atoms with van der Waals surface area (Å²) in [7, 11) is -3.25. The second-order valence-electron chi connectivity index (χ2n) is 4.26. The summed E-state index contributed by atoms with van der Waals surface area (Å²) in [5.41, 5.74) is 0.708. The minimum absolute atomic E-state index is 0.00639. The number of aromatic nitrogens is 1. The van der Waals surface area contributed by atoms with Gasteiger partial charge in [-0.2, -0.15) is 0 Å². The zero-order valence-corrected chi connectivity index (χ0v) is 10.4. The molecule has 0 aliphatic carbocycles. The van der Waals surface area contributed by atoms with Gasteiger partial charge in [0.05, 0.1) is 5.75 Å². The molecule has 0 spiro atoms. The average Bonchev–Trinajstić information content (AvgIpc) is 2.80. The van der Waals surface area contributed by atoms with Crippen LogP contribution in [-0.4, -0.2) is 32.5 Å². The van der Waals surface area contributed by atoms with Crippen molar-refractivity contribution in [3.8, 4) is 0 Å². The third kappa shape index (κ3) is 4.07. The molecule has 5 nitrogen and oxygen atoms in total. The van der Waals surface area contributed by atoms with Crippen molar-refractivity contribution in [2.45, 2.75) is 24.6 Å². The van der Waals surface area contributed by atoms with Gasteiger partial charge in [-0.15, -0.1) is 0 Å². The Morgan fingerprint density at radius 1 is 1.53 bits per heavy atom. The van der Waals surface area contributed by atoms with Crippen LogP contribution in [0.25, 0.3) is 0 Å². The van der Waals surface area contributed by atoms with Crippen LogP contribution in [0, 0.1) is 0 Å². The maximum atomic E-state index is 11.8. The van der Waals surface area contributed by atoms with E-state index >= 15 is 0 Å². The van der Waals surface area contributed by atoms with E-state index in [2.05, 4.69) is 15.0 Å². The van der Waals surface area contributed by atoms with Crippen LogP contribution in [0.15, 0.2) is 24.5 Å². The van der Waals surface area contributed by atoms with Crippen LogP contribution in [0.4, 0.5) is 0 Å². The Labute approximate surface area is 102 Å². The zero-order valence-electron chi connectivity index (χ0n) is 9.59. The molecule has 1 fully saturated rings. The molecule has 0 aromatic carbocycles. The molecule has 1 aliphatic heterocycles. The monoisotopic (exact) mass is 255 g/mol. The molecule has 1 aliphatic rings. The van der Waals surface area contributed by atoms with Gasteiger partial charge in [-0.3, -0.25) is 4.98 Å². The lowest BCUT2D eigenvalue weighted by atomic mass is 10.2. The SMILES string of the molecule is O=S(=O)(Cc1cccnc1)NCC1CCCN1. The summed E-state index contributed by atoms with van der Waals surface area (Å²) in [6.45, 7) is 1.46. The Morgan fingerprint density at radius 3 is 3.06 bits per heavy atom. The van der Waals surface area contributed by atoms with E-state index in [9.17, 15) is 8.42 Å². The van der Waals surface area contributed by atoms with Crippen LogP contribution < -0.4 is 10.0 Å². The van der Waals surface area contributed by atoms with Gasteiger partial charge in [0.1, 0.15) is 0 Å². The molecular formula is C11H17N3O2S. The molecule has 17 heavy (non-hydrogen) atoms. The van der Waals surface area contributed by atoms with Crippen molar-refractivity contribution in [1.29, 1.82) is 0 Å². The number of nitrogens with zero attached hydrogens (tertiary/aromatic N) is 1. The molecule has 0 bridgehead atoms. The van der Waals surface area contributed by atoms with Crippen LogP contribution in [0.1, 0.15) is 18.4 Å².